The molecule has 4 aromatic rings. The van der Waals surface area contributed by atoms with Crippen LogP contribution in [-0.2, 0) is 19.9 Å². The standard InChI is InChI=1S/C22H18N4O6S2/c1-33(28,29)18-13-9-16(10-14-18)21-24-25-22(32-21)23-20(27)15-7-11-17(12-8-15)26-34(30,31)19-5-3-2-4-6-19/h2-14,26H,1H3,(H,23,25,27). The Morgan fingerprint density at radius 3 is 2.06 bits per heavy atom. The van der Waals surface area contributed by atoms with E-state index in [9.17, 15) is 21.6 Å². The first-order valence-corrected chi connectivity index (χ1v) is 13.1. The van der Waals surface area contributed by atoms with Crippen molar-refractivity contribution in [2.75, 3.05) is 16.3 Å². The van der Waals surface area contributed by atoms with E-state index in [1.54, 1.807) is 18.2 Å². The van der Waals surface area contributed by atoms with Crippen LogP contribution in [0.4, 0.5) is 11.7 Å². The van der Waals surface area contributed by atoms with Crippen LogP contribution in [-0.4, -0.2) is 39.2 Å². The van der Waals surface area contributed by atoms with Gasteiger partial charge >= 0.3 is 6.01 Å². The summed E-state index contributed by atoms with van der Waals surface area (Å²) in [7, 11) is -7.08. The number of nitrogens with zero attached hydrogens (tertiary/aromatic N) is 2. The van der Waals surface area contributed by atoms with Crippen LogP contribution in [0.1, 0.15) is 10.4 Å². The van der Waals surface area contributed by atoms with Gasteiger partial charge in [-0.05, 0) is 60.7 Å². The summed E-state index contributed by atoms with van der Waals surface area (Å²) in [6, 6.07) is 19.4. The van der Waals surface area contributed by atoms with E-state index in [0.717, 1.165) is 6.26 Å². The van der Waals surface area contributed by atoms with Crippen LogP contribution in [0, 0.1) is 0 Å². The maximum Gasteiger partial charge on any atom is 0.322 e. The first-order chi connectivity index (χ1) is 16.1. The van der Waals surface area contributed by atoms with Crippen LogP contribution in [0.5, 0.6) is 0 Å². The van der Waals surface area contributed by atoms with Crippen molar-refractivity contribution in [3.05, 3.63) is 84.4 Å². The van der Waals surface area contributed by atoms with Gasteiger partial charge in [-0.3, -0.25) is 14.8 Å². The predicted octanol–water partition coefficient (Wildman–Crippen LogP) is 3.19. The summed E-state index contributed by atoms with van der Waals surface area (Å²) >= 11 is 0. The molecule has 0 aliphatic carbocycles. The van der Waals surface area contributed by atoms with E-state index in [4.69, 9.17) is 4.42 Å². The molecule has 0 aliphatic rings. The number of aromatic nitrogens is 2. The normalized spacial score (nSPS) is 11.7. The average Bonchev–Trinajstić information content (AvgIpc) is 3.28. The van der Waals surface area contributed by atoms with E-state index >= 15 is 0 Å². The van der Waals surface area contributed by atoms with Crippen molar-refractivity contribution in [3.8, 4) is 11.5 Å². The number of hydrogen-bond acceptors (Lipinski definition) is 8. The number of anilines is 2. The van der Waals surface area contributed by atoms with Gasteiger partial charge in [0.1, 0.15) is 0 Å². The average molecular weight is 499 g/mol. The van der Waals surface area contributed by atoms with E-state index in [0.29, 0.717) is 5.56 Å². The summed E-state index contributed by atoms with van der Waals surface area (Å²) in [5.74, 6) is -0.443. The monoisotopic (exact) mass is 498 g/mol. The Morgan fingerprint density at radius 1 is 0.794 bits per heavy atom. The zero-order valence-electron chi connectivity index (χ0n) is 17.7. The molecule has 0 fully saturated rings. The van der Waals surface area contributed by atoms with Gasteiger partial charge in [0.2, 0.25) is 5.89 Å². The summed E-state index contributed by atoms with van der Waals surface area (Å²) in [4.78, 5) is 12.8. The summed E-state index contributed by atoms with van der Waals surface area (Å²) in [5, 5.41) is 10.1. The van der Waals surface area contributed by atoms with Gasteiger partial charge in [0.15, 0.2) is 9.84 Å². The fraction of sp³-hybridized carbons (Fsp3) is 0.0455. The molecule has 0 atom stereocenters. The molecule has 4 rings (SSSR count). The molecule has 0 saturated heterocycles. The predicted molar refractivity (Wildman–Crippen MR) is 124 cm³/mol. The van der Waals surface area contributed by atoms with Gasteiger partial charge in [-0.25, -0.2) is 16.8 Å². The minimum atomic E-state index is -3.75. The van der Waals surface area contributed by atoms with Crippen molar-refractivity contribution in [2.45, 2.75) is 9.79 Å². The topological polar surface area (TPSA) is 148 Å². The summed E-state index contributed by atoms with van der Waals surface area (Å²) < 4.78 is 55.8. The highest BCUT2D eigenvalue weighted by Crippen LogP contribution is 2.22. The molecule has 0 saturated carbocycles. The Bertz CT molecular complexity index is 1530. The Hall–Kier alpha value is -4.03. The fourth-order valence-corrected chi connectivity index (χ4v) is 4.62. The Balaban J connectivity index is 1.42. The molecule has 12 heteroatoms. The summed E-state index contributed by atoms with van der Waals surface area (Å²) in [5.41, 5.74) is 1.01. The molecule has 2 N–H and O–H groups in total. The molecular weight excluding hydrogens is 480 g/mol. The van der Waals surface area contributed by atoms with Crippen molar-refractivity contribution in [2.24, 2.45) is 0 Å². The zero-order valence-corrected chi connectivity index (χ0v) is 19.3. The maximum absolute atomic E-state index is 12.5. The van der Waals surface area contributed by atoms with E-state index in [1.165, 1.54) is 60.7 Å². The lowest BCUT2D eigenvalue weighted by atomic mass is 10.2. The number of nitrogens with one attached hydrogen (secondary N) is 2. The summed E-state index contributed by atoms with van der Waals surface area (Å²) in [6.07, 6.45) is 1.10. The molecule has 0 radical (unpaired) electrons. The van der Waals surface area contributed by atoms with Crippen molar-refractivity contribution >= 4 is 37.5 Å². The molecule has 1 heterocycles. The lowest BCUT2D eigenvalue weighted by Crippen LogP contribution is -2.14. The Morgan fingerprint density at radius 2 is 1.44 bits per heavy atom. The Labute approximate surface area is 195 Å². The lowest BCUT2D eigenvalue weighted by molar-refractivity contribution is 0.102. The third-order valence-electron chi connectivity index (χ3n) is 4.63. The zero-order chi connectivity index (χ0) is 24.3. The smallest absolute Gasteiger partial charge is 0.322 e. The fourth-order valence-electron chi connectivity index (χ4n) is 2.91. The molecule has 174 valence electrons. The molecular formula is C22H18N4O6S2. The number of carbonyl (C=O) groups is 1. The van der Waals surface area contributed by atoms with Crippen LogP contribution >= 0.6 is 0 Å². The lowest BCUT2D eigenvalue weighted by Gasteiger charge is -2.08. The van der Waals surface area contributed by atoms with Gasteiger partial charge in [-0.1, -0.05) is 23.3 Å². The molecule has 3 aromatic carbocycles. The van der Waals surface area contributed by atoms with E-state index in [2.05, 4.69) is 20.2 Å². The largest absolute Gasteiger partial charge is 0.403 e. The quantitative estimate of drug-likeness (QED) is 0.395. The first kappa shape index (κ1) is 23.1. The van der Waals surface area contributed by atoms with Crippen LogP contribution in [0.2, 0.25) is 0 Å². The number of hydrogen-bond donors (Lipinski definition) is 2. The first-order valence-electron chi connectivity index (χ1n) is 9.75. The third-order valence-corrected chi connectivity index (χ3v) is 7.15. The molecule has 0 bridgehead atoms. The molecule has 0 unspecified atom stereocenters. The molecule has 0 aliphatic heterocycles. The van der Waals surface area contributed by atoms with Crippen LogP contribution in [0.15, 0.2) is 93.1 Å². The van der Waals surface area contributed by atoms with E-state index < -0.39 is 25.8 Å². The number of amides is 1. The van der Waals surface area contributed by atoms with E-state index in [-0.39, 0.29) is 32.9 Å². The van der Waals surface area contributed by atoms with Crippen molar-refractivity contribution in [1.29, 1.82) is 0 Å². The second-order valence-electron chi connectivity index (χ2n) is 7.16. The SMILES string of the molecule is CS(=O)(=O)c1ccc(-c2nnc(NC(=O)c3ccc(NS(=O)(=O)c4ccccc4)cc3)o2)cc1. The van der Waals surface area contributed by atoms with Gasteiger partial charge in [0.25, 0.3) is 15.9 Å². The van der Waals surface area contributed by atoms with Gasteiger partial charge < -0.3 is 4.42 Å². The third kappa shape index (κ3) is 5.30. The van der Waals surface area contributed by atoms with Crippen LogP contribution < -0.4 is 10.0 Å². The van der Waals surface area contributed by atoms with Gasteiger partial charge in [-0.2, -0.15) is 0 Å². The highest BCUT2D eigenvalue weighted by atomic mass is 32.2. The second-order valence-corrected chi connectivity index (χ2v) is 10.9. The molecule has 1 aromatic heterocycles. The highest BCUT2D eigenvalue weighted by molar-refractivity contribution is 7.92. The molecule has 34 heavy (non-hydrogen) atoms. The second kappa shape index (κ2) is 9.08. The van der Waals surface area contributed by atoms with E-state index in [1.807, 2.05) is 0 Å². The van der Waals surface area contributed by atoms with Gasteiger partial charge in [-0.15, -0.1) is 5.10 Å². The molecule has 10 nitrogen and oxygen atoms in total. The van der Waals surface area contributed by atoms with Gasteiger partial charge in [0, 0.05) is 23.1 Å². The summed E-state index contributed by atoms with van der Waals surface area (Å²) in [6.45, 7) is 0. The van der Waals surface area contributed by atoms with Crippen molar-refractivity contribution in [3.63, 3.8) is 0 Å². The minimum absolute atomic E-state index is 0.0982. The number of benzene rings is 3. The van der Waals surface area contributed by atoms with Crippen LogP contribution in [0.3, 0.4) is 0 Å². The number of sulfone groups is 1. The number of sulfonamides is 1. The number of carbonyl (C=O) groups excluding carboxylic acids is 1. The van der Waals surface area contributed by atoms with Crippen molar-refractivity contribution in [1.82, 2.24) is 10.2 Å². The maximum atomic E-state index is 12.5. The minimum Gasteiger partial charge on any atom is -0.403 e. The van der Waals surface area contributed by atoms with Gasteiger partial charge in [0.05, 0.1) is 9.79 Å². The van der Waals surface area contributed by atoms with Crippen molar-refractivity contribution < 1.29 is 26.0 Å². The molecule has 1 amide bonds. The van der Waals surface area contributed by atoms with Crippen LogP contribution in [0.25, 0.3) is 11.5 Å². The number of rotatable bonds is 7. The Kier molecular flexibility index (Phi) is 6.18. The highest BCUT2D eigenvalue weighted by Gasteiger charge is 2.16. The molecule has 0 spiro atoms.